The van der Waals surface area contributed by atoms with Crippen molar-refractivity contribution >= 4 is 40.2 Å². The maximum absolute atomic E-state index is 12.0. The Morgan fingerprint density at radius 1 is 1.35 bits per heavy atom. The van der Waals surface area contributed by atoms with E-state index in [9.17, 15) is 9.59 Å². The first-order valence-corrected chi connectivity index (χ1v) is 7.30. The molecule has 1 saturated heterocycles. The van der Waals surface area contributed by atoms with E-state index in [-0.39, 0.29) is 12.5 Å². The van der Waals surface area contributed by atoms with E-state index in [4.69, 9.17) is 17.3 Å². The number of carboxylic acids is 1. The van der Waals surface area contributed by atoms with Gasteiger partial charge in [-0.3, -0.25) is 14.5 Å². The molecule has 0 spiro atoms. The molecule has 1 fully saturated rings. The van der Waals surface area contributed by atoms with E-state index in [1.54, 1.807) is 0 Å². The lowest BCUT2D eigenvalue weighted by molar-refractivity contribution is -0.140. The lowest BCUT2D eigenvalue weighted by atomic mass is 10.1. The second-order valence-corrected chi connectivity index (χ2v) is 5.92. The smallest absolute Gasteiger partial charge is 0.323 e. The fraction of sp³-hybridized carbons (Fsp3) is 0.214. The van der Waals surface area contributed by atoms with Gasteiger partial charge < -0.3 is 5.11 Å². The molecule has 0 unspecified atom stereocenters. The highest BCUT2D eigenvalue weighted by atomic mass is 32.2. The van der Waals surface area contributed by atoms with E-state index in [1.807, 2.05) is 36.4 Å². The van der Waals surface area contributed by atoms with Crippen LogP contribution in [0.3, 0.4) is 0 Å². The fourth-order valence-corrected chi connectivity index (χ4v) is 3.09. The Balaban J connectivity index is 1.96. The standard InChI is InChI=1S/C14H13NO3S2/c16-12(17)9-15-13(18)11(20-14(15)19)8-4-7-10-5-2-1-3-6-10/h1-3,5-6,8H,4,7,9H2,(H,16,17)/b11-8+. The number of carboxylic acid groups (broad SMARTS) is 1. The quantitative estimate of drug-likeness (QED) is 0.669. The van der Waals surface area contributed by atoms with Gasteiger partial charge in [-0.15, -0.1) is 0 Å². The SMILES string of the molecule is O=C(O)CN1C(=O)/C(=C\CCc2ccccc2)SC1=S. The molecule has 4 nitrogen and oxygen atoms in total. The van der Waals surface area contributed by atoms with Crippen LogP contribution in [-0.4, -0.2) is 32.7 Å². The van der Waals surface area contributed by atoms with Gasteiger partial charge in [-0.1, -0.05) is 60.4 Å². The summed E-state index contributed by atoms with van der Waals surface area (Å²) >= 11 is 6.19. The Morgan fingerprint density at radius 3 is 2.70 bits per heavy atom. The summed E-state index contributed by atoms with van der Waals surface area (Å²) in [6.45, 7) is -0.374. The van der Waals surface area contributed by atoms with Crippen molar-refractivity contribution in [3.8, 4) is 0 Å². The molecule has 1 aliphatic heterocycles. The zero-order valence-corrected chi connectivity index (χ0v) is 12.2. The fourth-order valence-electron chi connectivity index (χ4n) is 1.82. The molecule has 104 valence electrons. The molecule has 1 aliphatic rings. The summed E-state index contributed by atoms with van der Waals surface area (Å²) in [5, 5.41) is 8.74. The third-order valence-corrected chi connectivity index (χ3v) is 4.20. The van der Waals surface area contributed by atoms with Gasteiger partial charge in [-0.05, 0) is 18.4 Å². The summed E-state index contributed by atoms with van der Waals surface area (Å²) in [4.78, 5) is 24.3. The number of aliphatic carboxylic acids is 1. The number of benzene rings is 1. The zero-order chi connectivity index (χ0) is 14.5. The minimum absolute atomic E-state index is 0.309. The summed E-state index contributed by atoms with van der Waals surface area (Å²) in [7, 11) is 0. The van der Waals surface area contributed by atoms with Crippen molar-refractivity contribution in [3.63, 3.8) is 0 Å². The molecular formula is C14H13NO3S2. The minimum Gasteiger partial charge on any atom is -0.480 e. The van der Waals surface area contributed by atoms with E-state index in [0.717, 1.165) is 29.5 Å². The Morgan fingerprint density at radius 2 is 2.05 bits per heavy atom. The maximum Gasteiger partial charge on any atom is 0.323 e. The molecule has 0 saturated carbocycles. The van der Waals surface area contributed by atoms with Crippen LogP contribution in [-0.2, 0) is 16.0 Å². The predicted octanol–water partition coefficient (Wildman–Crippen LogP) is 2.45. The third kappa shape index (κ3) is 3.68. The number of carbonyl (C=O) groups is 2. The molecular weight excluding hydrogens is 294 g/mol. The normalized spacial score (nSPS) is 17.0. The van der Waals surface area contributed by atoms with Gasteiger partial charge in [0.25, 0.3) is 5.91 Å². The van der Waals surface area contributed by atoms with Gasteiger partial charge in [0, 0.05) is 0 Å². The van der Waals surface area contributed by atoms with Gasteiger partial charge in [0.15, 0.2) is 0 Å². The van der Waals surface area contributed by atoms with Crippen molar-refractivity contribution < 1.29 is 14.7 Å². The molecule has 0 aromatic heterocycles. The summed E-state index contributed by atoms with van der Waals surface area (Å²) in [6.07, 6.45) is 3.39. The number of rotatable bonds is 5. The topological polar surface area (TPSA) is 57.6 Å². The van der Waals surface area contributed by atoms with Crippen molar-refractivity contribution in [3.05, 3.63) is 46.9 Å². The van der Waals surface area contributed by atoms with Crippen molar-refractivity contribution in [2.24, 2.45) is 0 Å². The lowest BCUT2D eigenvalue weighted by Gasteiger charge is -2.10. The first-order valence-electron chi connectivity index (χ1n) is 6.07. The van der Waals surface area contributed by atoms with Crippen molar-refractivity contribution in [2.75, 3.05) is 6.54 Å². The lowest BCUT2D eigenvalue weighted by Crippen LogP contribution is -2.33. The Hall–Kier alpha value is -1.66. The molecule has 2 rings (SSSR count). The number of thiocarbonyl (C=S) groups is 1. The minimum atomic E-state index is -1.06. The summed E-state index contributed by atoms with van der Waals surface area (Å²) < 4.78 is 0.309. The zero-order valence-electron chi connectivity index (χ0n) is 10.6. The summed E-state index contributed by atoms with van der Waals surface area (Å²) in [5.74, 6) is -1.37. The molecule has 1 N–H and O–H groups in total. The molecule has 20 heavy (non-hydrogen) atoms. The Bertz CT molecular complexity index is 569. The van der Waals surface area contributed by atoms with E-state index in [2.05, 4.69) is 0 Å². The van der Waals surface area contributed by atoms with Crippen LogP contribution in [0.15, 0.2) is 41.3 Å². The third-order valence-electron chi connectivity index (χ3n) is 2.77. The highest BCUT2D eigenvalue weighted by Gasteiger charge is 2.32. The van der Waals surface area contributed by atoms with Crippen LogP contribution in [0.5, 0.6) is 0 Å². The molecule has 6 heteroatoms. The van der Waals surface area contributed by atoms with E-state index >= 15 is 0 Å². The van der Waals surface area contributed by atoms with Gasteiger partial charge >= 0.3 is 5.97 Å². The van der Waals surface area contributed by atoms with Crippen molar-refractivity contribution in [2.45, 2.75) is 12.8 Å². The summed E-state index contributed by atoms with van der Waals surface area (Å²) in [6, 6.07) is 9.97. The highest BCUT2D eigenvalue weighted by Crippen LogP contribution is 2.31. The van der Waals surface area contributed by atoms with E-state index in [1.165, 1.54) is 5.56 Å². The molecule has 0 atom stereocenters. The van der Waals surface area contributed by atoms with Gasteiger partial charge in [-0.2, -0.15) is 0 Å². The largest absolute Gasteiger partial charge is 0.480 e. The molecule has 1 aromatic rings. The molecule has 1 aromatic carbocycles. The number of thioether (sulfide) groups is 1. The number of hydrogen-bond acceptors (Lipinski definition) is 4. The average Bonchev–Trinajstić information content (AvgIpc) is 2.67. The van der Waals surface area contributed by atoms with Crippen LogP contribution in [0.1, 0.15) is 12.0 Å². The van der Waals surface area contributed by atoms with E-state index in [0.29, 0.717) is 9.23 Å². The van der Waals surface area contributed by atoms with Crippen LogP contribution >= 0.6 is 24.0 Å². The van der Waals surface area contributed by atoms with Gasteiger partial charge in [-0.25, -0.2) is 0 Å². The molecule has 0 aliphatic carbocycles. The number of aryl methyl sites for hydroxylation is 1. The second kappa shape index (κ2) is 6.67. The highest BCUT2D eigenvalue weighted by molar-refractivity contribution is 8.26. The van der Waals surface area contributed by atoms with Crippen LogP contribution in [0.4, 0.5) is 0 Å². The Labute approximate surface area is 126 Å². The van der Waals surface area contributed by atoms with Crippen LogP contribution < -0.4 is 0 Å². The van der Waals surface area contributed by atoms with Crippen molar-refractivity contribution in [1.82, 2.24) is 4.90 Å². The van der Waals surface area contributed by atoms with Crippen LogP contribution in [0, 0.1) is 0 Å². The number of nitrogens with zero attached hydrogens (tertiary/aromatic N) is 1. The van der Waals surface area contributed by atoms with E-state index < -0.39 is 5.97 Å². The summed E-state index contributed by atoms with van der Waals surface area (Å²) in [5.41, 5.74) is 1.20. The number of allylic oxidation sites excluding steroid dienone is 1. The second-order valence-electron chi connectivity index (χ2n) is 4.25. The van der Waals surface area contributed by atoms with Gasteiger partial charge in [0.1, 0.15) is 10.9 Å². The molecule has 0 radical (unpaired) electrons. The number of carbonyl (C=O) groups excluding carboxylic acids is 1. The molecule has 0 bridgehead atoms. The monoisotopic (exact) mass is 307 g/mol. The molecule has 1 amide bonds. The molecule has 1 heterocycles. The van der Waals surface area contributed by atoms with Crippen molar-refractivity contribution in [1.29, 1.82) is 0 Å². The van der Waals surface area contributed by atoms with Crippen LogP contribution in [0.2, 0.25) is 0 Å². The van der Waals surface area contributed by atoms with Gasteiger partial charge in [0.2, 0.25) is 0 Å². The average molecular weight is 307 g/mol. The first kappa shape index (κ1) is 14.7. The maximum atomic E-state index is 12.0. The predicted molar refractivity (Wildman–Crippen MR) is 82.4 cm³/mol. The number of amides is 1. The van der Waals surface area contributed by atoms with Crippen LogP contribution in [0.25, 0.3) is 0 Å². The number of hydrogen-bond donors (Lipinski definition) is 1. The first-order chi connectivity index (χ1) is 9.58. The Kier molecular flexibility index (Phi) is 4.92. The van der Waals surface area contributed by atoms with Gasteiger partial charge in [0.05, 0.1) is 4.91 Å².